The molecule has 2 unspecified atom stereocenters. The number of carboxylic acid groups (broad SMARTS) is 1. The number of hydrogen-bond donors (Lipinski definition) is 5. The molecule has 0 amide bonds. The molecule has 2 atom stereocenters. The predicted octanol–water partition coefficient (Wildman–Crippen LogP) is -0.264. The van der Waals surface area contributed by atoms with Gasteiger partial charge in [0.25, 0.3) is 0 Å². The number of benzene rings is 1. The summed E-state index contributed by atoms with van der Waals surface area (Å²) in [6.45, 7) is 1.47. The van der Waals surface area contributed by atoms with E-state index in [1.807, 2.05) is 0 Å². The van der Waals surface area contributed by atoms with Crippen molar-refractivity contribution in [1.82, 2.24) is 5.32 Å². The van der Waals surface area contributed by atoms with Gasteiger partial charge in [0, 0.05) is 0 Å². The van der Waals surface area contributed by atoms with Crippen molar-refractivity contribution in [3.8, 4) is 0 Å². The lowest BCUT2D eigenvalue weighted by Gasteiger charge is -2.33. The van der Waals surface area contributed by atoms with Crippen LogP contribution in [0.4, 0.5) is 0 Å². The van der Waals surface area contributed by atoms with E-state index in [2.05, 4.69) is 5.32 Å². The van der Waals surface area contributed by atoms with E-state index in [0.717, 1.165) is 18.7 Å². The first kappa shape index (κ1) is 14.9. The molecule has 20 heavy (non-hydrogen) atoms. The monoisotopic (exact) mass is 281 g/mol. The molecule has 0 radical (unpaired) electrons. The van der Waals surface area contributed by atoms with Gasteiger partial charge in [-0.25, -0.2) is 4.79 Å². The SMILES string of the molecule is O=C(O)C(O)C(O)c1ccc(C2(O)CCNCC2)cc1. The first-order valence-electron chi connectivity index (χ1n) is 6.56. The van der Waals surface area contributed by atoms with E-state index in [9.17, 15) is 20.1 Å². The number of hydrogen-bond acceptors (Lipinski definition) is 5. The van der Waals surface area contributed by atoms with Crippen LogP contribution in [0, 0.1) is 0 Å². The maximum Gasteiger partial charge on any atom is 0.335 e. The molecule has 0 bridgehead atoms. The lowest BCUT2D eigenvalue weighted by Crippen LogP contribution is -2.39. The average molecular weight is 281 g/mol. The van der Waals surface area contributed by atoms with Crippen molar-refractivity contribution in [3.63, 3.8) is 0 Å². The Kier molecular flexibility index (Phi) is 4.39. The third-order valence-electron chi connectivity index (χ3n) is 3.77. The molecule has 0 spiro atoms. The minimum atomic E-state index is -1.86. The highest BCUT2D eigenvalue weighted by Gasteiger charge is 2.31. The van der Waals surface area contributed by atoms with Gasteiger partial charge in [-0.05, 0) is 37.1 Å². The van der Waals surface area contributed by atoms with Gasteiger partial charge in [-0.2, -0.15) is 0 Å². The summed E-state index contributed by atoms with van der Waals surface area (Å²) in [4.78, 5) is 10.6. The third-order valence-corrected chi connectivity index (χ3v) is 3.77. The number of rotatable bonds is 4. The Labute approximate surface area is 116 Å². The van der Waals surface area contributed by atoms with E-state index in [4.69, 9.17) is 5.11 Å². The maximum absolute atomic E-state index is 10.6. The van der Waals surface area contributed by atoms with Crippen molar-refractivity contribution in [2.24, 2.45) is 0 Å². The summed E-state index contributed by atoms with van der Waals surface area (Å²) >= 11 is 0. The first-order valence-corrected chi connectivity index (χ1v) is 6.56. The van der Waals surface area contributed by atoms with Crippen molar-refractivity contribution in [2.45, 2.75) is 30.7 Å². The normalized spacial score (nSPS) is 21.1. The maximum atomic E-state index is 10.6. The van der Waals surface area contributed by atoms with Crippen LogP contribution < -0.4 is 5.32 Å². The zero-order valence-corrected chi connectivity index (χ0v) is 11.0. The van der Waals surface area contributed by atoms with Crippen LogP contribution in [0.2, 0.25) is 0 Å². The summed E-state index contributed by atoms with van der Waals surface area (Å²) in [6, 6.07) is 6.40. The number of aliphatic hydroxyl groups is 3. The van der Waals surface area contributed by atoms with Crippen molar-refractivity contribution < 1.29 is 25.2 Å². The molecule has 1 aromatic carbocycles. The molecule has 6 heteroatoms. The Morgan fingerprint density at radius 3 is 2.20 bits per heavy atom. The van der Waals surface area contributed by atoms with Gasteiger partial charge in [-0.15, -0.1) is 0 Å². The minimum absolute atomic E-state index is 0.307. The van der Waals surface area contributed by atoms with Crippen LogP contribution in [0.3, 0.4) is 0 Å². The molecule has 1 aliphatic rings. The Morgan fingerprint density at radius 1 is 1.15 bits per heavy atom. The molecule has 0 saturated carbocycles. The summed E-state index contributed by atoms with van der Waals surface area (Å²) in [5, 5.41) is 41.4. The second kappa shape index (κ2) is 5.88. The van der Waals surface area contributed by atoms with Crippen molar-refractivity contribution in [1.29, 1.82) is 0 Å². The van der Waals surface area contributed by atoms with Crippen LogP contribution in [0.5, 0.6) is 0 Å². The van der Waals surface area contributed by atoms with Gasteiger partial charge in [0.15, 0.2) is 6.10 Å². The van der Waals surface area contributed by atoms with Gasteiger partial charge in [-0.1, -0.05) is 24.3 Å². The van der Waals surface area contributed by atoms with Crippen LogP contribution in [0.25, 0.3) is 0 Å². The van der Waals surface area contributed by atoms with E-state index in [-0.39, 0.29) is 0 Å². The molecule has 2 rings (SSSR count). The number of aliphatic hydroxyl groups excluding tert-OH is 2. The molecule has 1 aromatic rings. The lowest BCUT2D eigenvalue weighted by molar-refractivity contribution is -0.153. The molecule has 1 heterocycles. The predicted molar refractivity (Wildman–Crippen MR) is 71.0 cm³/mol. The number of piperidine rings is 1. The number of aliphatic carboxylic acids is 1. The van der Waals surface area contributed by atoms with Gasteiger partial charge in [0.05, 0.1) is 5.60 Å². The van der Waals surface area contributed by atoms with Crippen LogP contribution >= 0.6 is 0 Å². The fraction of sp³-hybridized carbons (Fsp3) is 0.500. The van der Waals surface area contributed by atoms with Crippen LogP contribution in [0.1, 0.15) is 30.1 Å². The zero-order valence-electron chi connectivity index (χ0n) is 11.0. The molecular weight excluding hydrogens is 262 g/mol. The molecule has 110 valence electrons. The summed E-state index contributed by atoms with van der Waals surface area (Å²) < 4.78 is 0. The average Bonchev–Trinajstić information content (AvgIpc) is 2.46. The van der Waals surface area contributed by atoms with Gasteiger partial charge in [-0.3, -0.25) is 0 Å². The quantitative estimate of drug-likeness (QED) is 0.520. The molecule has 1 saturated heterocycles. The van der Waals surface area contributed by atoms with E-state index < -0.39 is 23.8 Å². The third kappa shape index (κ3) is 2.99. The highest BCUT2D eigenvalue weighted by Crippen LogP contribution is 2.31. The van der Waals surface area contributed by atoms with Crippen LogP contribution in [-0.2, 0) is 10.4 Å². The minimum Gasteiger partial charge on any atom is -0.479 e. The molecule has 6 nitrogen and oxygen atoms in total. The van der Waals surface area contributed by atoms with Gasteiger partial charge in [0.1, 0.15) is 6.10 Å². The van der Waals surface area contributed by atoms with E-state index >= 15 is 0 Å². The molecule has 1 aliphatic heterocycles. The van der Waals surface area contributed by atoms with Gasteiger partial charge < -0.3 is 25.7 Å². The molecular formula is C14H19NO5. The van der Waals surface area contributed by atoms with E-state index in [0.29, 0.717) is 18.4 Å². The first-order chi connectivity index (χ1) is 9.44. The Bertz CT molecular complexity index is 467. The number of carbonyl (C=O) groups is 1. The van der Waals surface area contributed by atoms with Crippen LogP contribution in [0.15, 0.2) is 24.3 Å². The van der Waals surface area contributed by atoms with Crippen LogP contribution in [-0.4, -0.2) is 45.6 Å². The topological polar surface area (TPSA) is 110 Å². The summed E-state index contributed by atoms with van der Waals surface area (Å²) in [5.74, 6) is -1.47. The van der Waals surface area contributed by atoms with E-state index in [1.165, 1.54) is 12.1 Å². The highest BCUT2D eigenvalue weighted by atomic mass is 16.4. The Hall–Kier alpha value is -1.47. The van der Waals surface area contributed by atoms with E-state index in [1.54, 1.807) is 12.1 Å². The lowest BCUT2D eigenvalue weighted by atomic mass is 9.84. The Morgan fingerprint density at radius 2 is 1.70 bits per heavy atom. The molecule has 5 N–H and O–H groups in total. The van der Waals surface area contributed by atoms with Gasteiger partial charge in [0.2, 0.25) is 0 Å². The van der Waals surface area contributed by atoms with Crippen molar-refractivity contribution in [3.05, 3.63) is 35.4 Å². The fourth-order valence-electron chi connectivity index (χ4n) is 2.44. The number of nitrogens with one attached hydrogen (secondary N) is 1. The standard InChI is InChI=1S/C14H19NO5/c16-11(12(17)13(18)19)9-1-3-10(4-2-9)14(20)5-7-15-8-6-14/h1-4,11-12,15-17,20H,5-8H2,(H,18,19). The highest BCUT2D eigenvalue weighted by molar-refractivity contribution is 5.73. The Balaban J connectivity index is 2.15. The summed E-state index contributed by atoms with van der Waals surface area (Å²) in [5.41, 5.74) is 0.154. The smallest absolute Gasteiger partial charge is 0.335 e. The number of carboxylic acids is 1. The summed E-state index contributed by atoms with van der Waals surface area (Å²) in [7, 11) is 0. The summed E-state index contributed by atoms with van der Waals surface area (Å²) in [6.07, 6.45) is -2.13. The second-order valence-corrected chi connectivity index (χ2v) is 5.13. The molecule has 1 fully saturated rings. The molecule has 0 aromatic heterocycles. The fourth-order valence-corrected chi connectivity index (χ4v) is 2.44. The van der Waals surface area contributed by atoms with Crippen molar-refractivity contribution in [2.75, 3.05) is 13.1 Å². The largest absolute Gasteiger partial charge is 0.479 e. The van der Waals surface area contributed by atoms with Gasteiger partial charge >= 0.3 is 5.97 Å². The van der Waals surface area contributed by atoms with Crippen molar-refractivity contribution >= 4 is 5.97 Å². The zero-order chi connectivity index (χ0) is 14.8. The second-order valence-electron chi connectivity index (χ2n) is 5.13. The molecule has 0 aliphatic carbocycles.